The molecule has 5 N–H and O–H groups in total. The third-order valence-corrected chi connectivity index (χ3v) is 6.70. The monoisotopic (exact) mass is 584 g/mol. The van der Waals surface area contributed by atoms with Crippen molar-refractivity contribution in [2.45, 2.75) is 24.4 Å². The maximum atomic E-state index is 12.8. The molecule has 206 valence electrons. The first kappa shape index (κ1) is 30.0. The van der Waals surface area contributed by atoms with Crippen LogP contribution in [0.2, 0.25) is 0 Å². The number of phosphoric acid groups is 1. The first-order valence-corrected chi connectivity index (χ1v) is 12.9. The van der Waals surface area contributed by atoms with Crippen molar-refractivity contribution in [1.82, 2.24) is 0 Å². The summed E-state index contributed by atoms with van der Waals surface area (Å²) in [4.78, 5) is 33.1. The Morgan fingerprint density at radius 2 is 1.57 bits per heavy atom. The van der Waals surface area contributed by atoms with Crippen molar-refractivity contribution in [2.75, 3.05) is 13.7 Å². The van der Waals surface area contributed by atoms with Gasteiger partial charge in [0.25, 0.3) is 7.82 Å². The molecule has 0 spiro atoms. The molecule has 0 aromatic heterocycles. The predicted octanol–water partition coefficient (Wildman–Crippen LogP) is -1.15. The summed E-state index contributed by atoms with van der Waals surface area (Å²) >= 11 is 0. The summed E-state index contributed by atoms with van der Waals surface area (Å²) in [5, 5.41) is 40.5. The molecule has 3 aromatic carbocycles. The number of carbonyl (C=O) groups excluding carboxylic acids is 1. The van der Waals surface area contributed by atoms with Crippen molar-refractivity contribution in [3.8, 4) is 40.2 Å². The average molecular weight is 584 g/mol. The third-order valence-electron chi connectivity index (χ3n) is 6.22. The summed E-state index contributed by atoms with van der Waals surface area (Å²) in [5.41, 5.74) is 0.414. The summed E-state index contributed by atoms with van der Waals surface area (Å²) in [6.07, 6.45) is -5.05. The molecule has 5 rings (SSSR count). The van der Waals surface area contributed by atoms with Gasteiger partial charge in [-0.3, -0.25) is 9.36 Å². The Balaban J connectivity index is 0.00000370. The molecule has 15 heteroatoms. The second-order valence-corrected chi connectivity index (χ2v) is 9.98. The maximum absolute atomic E-state index is 12.8. The first-order chi connectivity index (χ1) is 18.4. The number of benzene rings is 3. The van der Waals surface area contributed by atoms with Crippen LogP contribution in [-0.2, 0) is 9.09 Å². The number of hydrogen-bond acceptors (Lipinski definition) is 12. The number of methoxy groups -OCH3 is 1. The number of phenols is 3. The Morgan fingerprint density at radius 1 is 0.900 bits per heavy atom. The van der Waals surface area contributed by atoms with Gasteiger partial charge in [0, 0.05) is 17.7 Å². The summed E-state index contributed by atoms with van der Waals surface area (Å²) in [6, 6.07) is 10.7. The number of Topliss-reactive ketones (excluding diaryl/α,β-unsaturated/α-hetero) is 1. The fraction of sp³-hybridized carbons (Fsp3) is 0.240. The largest absolute Gasteiger partial charge is 1.00 e. The molecule has 0 radical (unpaired) electrons. The predicted molar refractivity (Wildman–Crippen MR) is 128 cm³/mol. The normalized spacial score (nSPS) is 22.8. The topological polar surface area (TPSA) is 204 Å². The van der Waals surface area contributed by atoms with Gasteiger partial charge in [0.05, 0.1) is 13.7 Å². The van der Waals surface area contributed by atoms with Crippen LogP contribution < -0.4 is 53.4 Å². The smallest absolute Gasteiger partial charge is 0.756 e. The van der Waals surface area contributed by atoms with E-state index in [-0.39, 0.29) is 75.2 Å². The molecule has 5 atom stereocenters. The van der Waals surface area contributed by atoms with Gasteiger partial charge in [-0.15, -0.1) is 0 Å². The molecule has 0 amide bonds. The van der Waals surface area contributed by atoms with Crippen molar-refractivity contribution in [3.63, 3.8) is 0 Å². The van der Waals surface area contributed by atoms with E-state index < -0.39 is 50.4 Å². The van der Waals surface area contributed by atoms with E-state index in [0.717, 1.165) is 12.1 Å². The minimum atomic E-state index is -5.09. The molecule has 2 aliphatic rings. The molecular formula is C25H22NaO13P. The van der Waals surface area contributed by atoms with E-state index in [1.807, 2.05) is 0 Å². The molecule has 0 bridgehead atoms. The fourth-order valence-electron chi connectivity index (χ4n) is 4.44. The van der Waals surface area contributed by atoms with Gasteiger partial charge in [0.15, 0.2) is 47.4 Å². The molecular weight excluding hydrogens is 562 g/mol. The van der Waals surface area contributed by atoms with Crippen LogP contribution >= 0.6 is 7.82 Å². The van der Waals surface area contributed by atoms with Crippen molar-refractivity contribution < 1.29 is 92.6 Å². The van der Waals surface area contributed by atoms with Gasteiger partial charge >= 0.3 is 29.6 Å². The zero-order valence-electron chi connectivity index (χ0n) is 21.1. The summed E-state index contributed by atoms with van der Waals surface area (Å²) < 4.78 is 38.7. The maximum Gasteiger partial charge on any atom is 1.00 e. The van der Waals surface area contributed by atoms with E-state index in [1.54, 1.807) is 0 Å². The molecule has 0 aliphatic carbocycles. The average Bonchev–Trinajstić information content (AvgIpc) is 2.88. The van der Waals surface area contributed by atoms with E-state index in [2.05, 4.69) is 4.52 Å². The van der Waals surface area contributed by atoms with Crippen LogP contribution in [0.3, 0.4) is 0 Å². The zero-order valence-corrected chi connectivity index (χ0v) is 24.0. The molecule has 40 heavy (non-hydrogen) atoms. The molecule has 3 aromatic rings. The van der Waals surface area contributed by atoms with E-state index in [1.165, 1.54) is 43.5 Å². The van der Waals surface area contributed by atoms with Crippen LogP contribution in [0.4, 0.5) is 0 Å². The Kier molecular flexibility index (Phi) is 8.60. The van der Waals surface area contributed by atoms with Gasteiger partial charge in [0.2, 0.25) is 5.78 Å². The van der Waals surface area contributed by atoms with Gasteiger partial charge in [0.1, 0.15) is 22.8 Å². The van der Waals surface area contributed by atoms with Crippen LogP contribution in [-0.4, -0.2) is 57.0 Å². The number of phenolic OH excluding ortho intramolecular Hbond substituents is 3. The number of ether oxygens (including phenoxy) is 4. The van der Waals surface area contributed by atoms with Gasteiger partial charge in [-0.2, -0.15) is 0 Å². The first-order valence-electron chi connectivity index (χ1n) is 11.4. The molecule has 13 nitrogen and oxygen atoms in total. The van der Waals surface area contributed by atoms with E-state index in [4.69, 9.17) is 23.8 Å². The van der Waals surface area contributed by atoms with Crippen LogP contribution in [0.25, 0.3) is 0 Å². The van der Waals surface area contributed by atoms with Crippen molar-refractivity contribution in [1.29, 1.82) is 0 Å². The van der Waals surface area contributed by atoms with Crippen molar-refractivity contribution >= 4 is 13.6 Å². The zero-order chi connectivity index (χ0) is 28.1. The van der Waals surface area contributed by atoms with Crippen LogP contribution in [0.5, 0.6) is 40.2 Å². The van der Waals surface area contributed by atoms with Gasteiger partial charge in [-0.05, 0) is 29.8 Å². The summed E-state index contributed by atoms with van der Waals surface area (Å²) in [7, 11) is -3.75. The Bertz CT molecular complexity index is 1490. The molecule has 2 heterocycles. The summed E-state index contributed by atoms with van der Waals surface area (Å²) in [6.45, 7) is -0.616. The van der Waals surface area contributed by atoms with E-state index >= 15 is 0 Å². The minimum Gasteiger partial charge on any atom is -0.756 e. The van der Waals surface area contributed by atoms with E-state index in [0.29, 0.717) is 5.56 Å². The van der Waals surface area contributed by atoms with Gasteiger partial charge < -0.3 is 53.7 Å². The standard InChI is InChI=1S/C25H23O13P.Na/c1-34-17-6-11(2-4-14(17)27)24-20(10-35-39(31,32)33)36-16-5-3-12(7-18(16)37-24)25-23(30)22(29)21-15(28)8-13(26)9-19(21)38-25;/h2-9,20,23-28,30H,10H2,1H3,(H2,31,32,33);/q;+1/p-1/t20-,23+,24-,25-;/m1./s1. The number of phosphoric ester groups is 1. The second kappa shape index (κ2) is 11.5. The quantitative estimate of drug-likeness (QED) is 0.172. The third kappa shape index (κ3) is 5.87. The number of aliphatic hydroxyl groups is 1. The van der Waals surface area contributed by atoms with Crippen LogP contribution in [0, 0.1) is 0 Å². The van der Waals surface area contributed by atoms with Gasteiger partial charge in [-0.1, -0.05) is 12.1 Å². The van der Waals surface area contributed by atoms with E-state index in [9.17, 15) is 34.7 Å². The van der Waals surface area contributed by atoms with Crippen molar-refractivity contribution in [2.24, 2.45) is 0 Å². The van der Waals surface area contributed by atoms with Gasteiger partial charge in [-0.25, -0.2) is 0 Å². The molecule has 1 unspecified atom stereocenters. The number of fused-ring (bicyclic) bond motifs is 2. The molecule has 0 fully saturated rings. The molecule has 0 saturated heterocycles. The van der Waals surface area contributed by atoms with Crippen LogP contribution in [0.15, 0.2) is 48.5 Å². The number of carbonyl (C=O) groups is 1. The summed E-state index contributed by atoms with van der Waals surface area (Å²) in [5.74, 6) is -1.59. The Labute approximate surface area is 249 Å². The number of ketones is 1. The van der Waals surface area contributed by atoms with Crippen LogP contribution in [0.1, 0.15) is 33.7 Å². The number of aromatic hydroxyl groups is 3. The number of aliphatic hydroxyl groups excluding tert-OH is 1. The second-order valence-electron chi connectivity index (χ2n) is 8.78. The number of rotatable bonds is 6. The SMILES string of the molecule is COc1cc([C@H]2Oc3cc([C@H]4Oc5cc(O)cc(O)c5C(=O)[C@@H]4O)ccc3O[C@@H]2COP(=O)([O-])O)ccc1O.[Na+]. The minimum absolute atomic E-state index is 0. The Hall–Kier alpha value is -3.00. The molecule has 2 aliphatic heterocycles. The number of hydrogen-bond donors (Lipinski definition) is 5. The van der Waals surface area contributed by atoms with Crippen molar-refractivity contribution in [3.05, 3.63) is 65.2 Å². The Morgan fingerprint density at radius 3 is 2.27 bits per heavy atom. The fourth-order valence-corrected chi connectivity index (χ4v) is 4.77. The molecule has 0 saturated carbocycles.